The van der Waals surface area contributed by atoms with E-state index in [9.17, 15) is 0 Å². The molecule has 98 valence electrons. The van der Waals surface area contributed by atoms with Crippen molar-refractivity contribution in [2.24, 2.45) is 10.8 Å². The van der Waals surface area contributed by atoms with Crippen molar-refractivity contribution >= 4 is 22.4 Å². The molecule has 1 aromatic heterocycles. The molecule has 1 heterocycles. The van der Waals surface area contributed by atoms with Crippen molar-refractivity contribution in [1.82, 2.24) is 10.4 Å². The number of amidine groups is 1. The van der Waals surface area contributed by atoms with Crippen LogP contribution in [0.1, 0.15) is 5.56 Å². The number of nitrogens with two attached hydrogens (primary N) is 1. The molecule has 0 aliphatic heterocycles. The lowest BCUT2D eigenvalue weighted by atomic mass is 10.1. The van der Waals surface area contributed by atoms with Gasteiger partial charge in [-0.05, 0) is 36.4 Å². The van der Waals surface area contributed by atoms with Crippen LogP contribution >= 0.6 is 0 Å². The largest absolute Gasteiger partial charge is 0.308 e. The Kier molecular flexibility index (Phi) is 3.39. The van der Waals surface area contributed by atoms with Crippen LogP contribution in [0.5, 0.6) is 0 Å². The molecule has 3 rings (SSSR count). The second kappa shape index (κ2) is 5.50. The Hall–Kier alpha value is -2.72. The van der Waals surface area contributed by atoms with Crippen molar-refractivity contribution in [2.45, 2.75) is 0 Å². The van der Waals surface area contributed by atoms with E-state index in [1.54, 1.807) is 6.20 Å². The van der Waals surface area contributed by atoms with Crippen molar-refractivity contribution in [3.8, 4) is 0 Å². The van der Waals surface area contributed by atoms with E-state index in [0.29, 0.717) is 5.84 Å². The van der Waals surface area contributed by atoms with Gasteiger partial charge >= 0.3 is 0 Å². The van der Waals surface area contributed by atoms with Gasteiger partial charge < -0.3 is 5.43 Å². The molecule has 3 aromatic rings. The number of aromatic nitrogens is 1. The average molecular weight is 262 g/mol. The van der Waals surface area contributed by atoms with Crippen molar-refractivity contribution in [2.75, 3.05) is 0 Å². The van der Waals surface area contributed by atoms with Crippen LogP contribution in [0.25, 0.3) is 10.9 Å². The summed E-state index contributed by atoms with van der Waals surface area (Å²) >= 11 is 0. The van der Waals surface area contributed by atoms with Gasteiger partial charge in [-0.1, -0.05) is 24.3 Å². The van der Waals surface area contributed by atoms with E-state index in [1.807, 2.05) is 60.7 Å². The number of fused-ring (bicyclic) bond motifs is 1. The number of benzene rings is 2. The molecule has 0 fully saturated rings. The van der Waals surface area contributed by atoms with Crippen molar-refractivity contribution in [1.29, 1.82) is 0 Å². The highest BCUT2D eigenvalue weighted by atomic mass is 15.2. The van der Waals surface area contributed by atoms with E-state index in [2.05, 4.69) is 15.4 Å². The first-order valence-electron chi connectivity index (χ1n) is 6.32. The first-order chi connectivity index (χ1) is 9.86. The standard InChI is InChI=1S/C16H14N4/c17-20-16(19-14-6-2-1-3-7-14)13-8-9-15-12(11-13)5-4-10-18-15/h1-11H,17H2,(H,19,20). The number of rotatable bonds is 2. The summed E-state index contributed by atoms with van der Waals surface area (Å²) in [5.74, 6) is 6.23. The zero-order valence-electron chi connectivity index (χ0n) is 10.8. The number of hydrogen-bond donors (Lipinski definition) is 2. The summed E-state index contributed by atoms with van der Waals surface area (Å²) in [5, 5.41) is 1.06. The second-order valence-electron chi connectivity index (χ2n) is 4.35. The molecule has 2 aromatic carbocycles. The molecule has 0 aliphatic rings. The third-order valence-electron chi connectivity index (χ3n) is 3.01. The Bertz CT molecular complexity index is 751. The van der Waals surface area contributed by atoms with Crippen molar-refractivity contribution in [3.63, 3.8) is 0 Å². The molecule has 0 radical (unpaired) electrons. The van der Waals surface area contributed by atoms with Gasteiger partial charge in [-0.3, -0.25) is 4.98 Å². The average Bonchev–Trinajstić information content (AvgIpc) is 2.53. The van der Waals surface area contributed by atoms with E-state index in [4.69, 9.17) is 5.84 Å². The monoisotopic (exact) mass is 262 g/mol. The number of hydrogen-bond acceptors (Lipinski definition) is 3. The summed E-state index contributed by atoms with van der Waals surface area (Å²) in [6.07, 6.45) is 1.78. The molecule has 0 saturated heterocycles. The number of nitrogens with one attached hydrogen (secondary N) is 1. The van der Waals surface area contributed by atoms with Crippen LogP contribution in [-0.2, 0) is 0 Å². The quantitative estimate of drug-likeness (QED) is 0.323. The van der Waals surface area contributed by atoms with E-state index in [1.165, 1.54) is 0 Å². The van der Waals surface area contributed by atoms with Gasteiger partial charge in [0.25, 0.3) is 0 Å². The summed E-state index contributed by atoms with van der Waals surface area (Å²) in [5.41, 5.74) is 5.39. The van der Waals surface area contributed by atoms with Crippen LogP contribution in [0, 0.1) is 0 Å². The topological polar surface area (TPSA) is 63.3 Å². The van der Waals surface area contributed by atoms with Crippen molar-refractivity contribution in [3.05, 3.63) is 72.4 Å². The zero-order valence-corrected chi connectivity index (χ0v) is 10.8. The van der Waals surface area contributed by atoms with Gasteiger partial charge in [0.2, 0.25) is 0 Å². The molecular formula is C16H14N4. The minimum Gasteiger partial charge on any atom is -0.308 e. The lowest BCUT2D eigenvalue weighted by Gasteiger charge is -2.07. The molecule has 20 heavy (non-hydrogen) atoms. The van der Waals surface area contributed by atoms with Gasteiger partial charge in [-0.25, -0.2) is 10.8 Å². The summed E-state index contributed by atoms with van der Waals surface area (Å²) in [6.45, 7) is 0. The van der Waals surface area contributed by atoms with Gasteiger partial charge in [0.15, 0.2) is 0 Å². The maximum atomic E-state index is 5.60. The Morgan fingerprint density at radius 2 is 1.85 bits per heavy atom. The summed E-state index contributed by atoms with van der Waals surface area (Å²) in [4.78, 5) is 8.81. The molecule has 0 atom stereocenters. The number of nitrogens with zero attached hydrogens (tertiary/aromatic N) is 2. The van der Waals surface area contributed by atoms with Crippen LogP contribution in [0.4, 0.5) is 5.69 Å². The first-order valence-corrected chi connectivity index (χ1v) is 6.32. The highest BCUT2D eigenvalue weighted by Crippen LogP contribution is 2.16. The minimum atomic E-state index is 0.627. The van der Waals surface area contributed by atoms with E-state index >= 15 is 0 Å². The number of hydrazine groups is 1. The first kappa shape index (κ1) is 12.3. The molecular weight excluding hydrogens is 248 g/mol. The molecule has 0 amide bonds. The Morgan fingerprint density at radius 3 is 2.65 bits per heavy atom. The van der Waals surface area contributed by atoms with Crippen LogP contribution in [0.15, 0.2) is 71.9 Å². The van der Waals surface area contributed by atoms with Gasteiger partial charge in [-0.15, -0.1) is 0 Å². The fourth-order valence-corrected chi connectivity index (χ4v) is 2.03. The van der Waals surface area contributed by atoms with E-state index in [0.717, 1.165) is 22.2 Å². The highest BCUT2D eigenvalue weighted by molar-refractivity contribution is 6.02. The number of aliphatic imine (C=N–C) groups is 1. The fourth-order valence-electron chi connectivity index (χ4n) is 2.03. The predicted octanol–water partition coefficient (Wildman–Crippen LogP) is 2.78. The van der Waals surface area contributed by atoms with Crippen LogP contribution in [-0.4, -0.2) is 10.8 Å². The van der Waals surface area contributed by atoms with E-state index < -0.39 is 0 Å². The molecule has 0 unspecified atom stereocenters. The minimum absolute atomic E-state index is 0.627. The molecule has 3 N–H and O–H groups in total. The highest BCUT2D eigenvalue weighted by Gasteiger charge is 2.03. The van der Waals surface area contributed by atoms with Crippen LogP contribution in [0.2, 0.25) is 0 Å². The maximum absolute atomic E-state index is 5.60. The molecule has 0 aliphatic carbocycles. The fraction of sp³-hybridized carbons (Fsp3) is 0. The molecule has 0 spiro atoms. The van der Waals surface area contributed by atoms with Crippen LogP contribution in [0.3, 0.4) is 0 Å². The Morgan fingerprint density at radius 1 is 1.00 bits per heavy atom. The molecule has 0 saturated carbocycles. The van der Waals surface area contributed by atoms with Gasteiger partial charge in [0, 0.05) is 17.1 Å². The lowest BCUT2D eigenvalue weighted by molar-refractivity contribution is 1.02. The molecule has 0 bridgehead atoms. The summed E-state index contributed by atoms with van der Waals surface area (Å²) in [6, 6.07) is 19.6. The van der Waals surface area contributed by atoms with Crippen LogP contribution < -0.4 is 11.3 Å². The predicted molar refractivity (Wildman–Crippen MR) is 81.7 cm³/mol. The number of pyridine rings is 1. The van der Waals surface area contributed by atoms with E-state index in [-0.39, 0.29) is 0 Å². The van der Waals surface area contributed by atoms with Gasteiger partial charge in [-0.2, -0.15) is 0 Å². The Labute approximate surface area is 117 Å². The third kappa shape index (κ3) is 2.50. The zero-order chi connectivity index (χ0) is 13.8. The number of para-hydroxylation sites is 1. The summed E-state index contributed by atoms with van der Waals surface area (Å²) < 4.78 is 0. The normalized spacial score (nSPS) is 11.6. The molecule has 4 heteroatoms. The second-order valence-corrected chi connectivity index (χ2v) is 4.35. The SMILES string of the molecule is NNC(=Nc1ccccc1)c1ccc2ncccc2c1. The molecule has 4 nitrogen and oxygen atoms in total. The third-order valence-corrected chi connectivity index (χ3v) is 3.01. The van der Waals surface area contributed by atoms with Gasteiger partial charge in [0.05, 0.1) is 11.2 Å². The van der Waals surface area contributed by atoms with Crippen molar-refractivity contribution < 1.29 is 0 Å². The Balaban J connectivity index is 2.05. The maximum Gasteiger partial charge on any atom is 0.147 e. The smallest absolute Gasteiger partial charge is 0.147 e. The lowest BCUT2D eigenvalue weighted by Crippen LogP contribution is -2.30. The summed E-state index contributed by atoms with van der Waals surface area (Å²) in [7, 11) is 0. The van der Waals surface area contributed by atoms with Gasteiger partial charge in [0.1, 0.15) is 5.84 Å².